The molecule has 0 spiro atoms. The van der Waals surface area contributed by atoms with Crippen LogP contribution >= 0.6 is 12.4 Å². The van der Waals surface area contributed by atoms with Crippen molar-refractivity contribution in [1.29, 1.82) is 0 Å². The smallest absolute Gasteiger partial charge is 0.306 e. The first-order chi connectivity index (χ1) is 9.59. The third kappa shape index (κ3) is 4.11. The van der Waals surface area contributed by atoms with Crippen LogP contribution in [0.2, 0.25) is 0 Å². The number of ether oxygens (including phenoxy) is 2. The fourth-order valence-electron chi connectivity index (χ4n) is 2.61. The zero-order valence-electron chi connectivity index (χ0n) is 12.9. The van der Waals surface area contributed by atoms with Crippen molar-refractivity contribution in [3.8, 4) is 5.75 Å². The van der Waals surface area contributed by atoms with Gasteiger partial charge in [0.25, 0.3) is 0 Å². The van der Waals surface area contributed by atoms with Gasteiger partial charge in [0.05, 0.1) is 7.11 Å². The summed E-state index contributed by atoms with van der Waals surface area (Å²) in [5, 5.41) is 0. The highest BCUT2D eigenvalue weighted by Crippen LogP contribution is 2.37. The first kappa shape index (κ1) is 17.8. The zero-order chi connectivity index (χ0) is 14.6. The van der Waals surface area contributed by atoms with Crippen molar-refractivity contribution in [3.05, 3.63) is 29.8 Å². The Balaban J connectivity index is 0.00000220. The minimum atomic E-state index is -0.480. The van der Waals surface area contributed by atoms with Gasteiger partial charge in [0.2, 0.25) is 0 Å². The molecule has 0 aromatic heterocycles. The third-order valence-electron chi connectivity index (χ3n) is 4.01. The van der Waals surface area contributed by atoms with Crippen LogP contribution in [0.25, 0.3) is 0 Å². The fraction of sp³-hybridized carbons (Fsp3) is 0.562. The quantitative estimate of drug-likeness (QED) is 0.801. The van der Waals surface area contributed by atoms with E-state index in [1.165, 1.54) is 0 Å². The van der Waals surface area contributed by atoms with Gasteiger partial charge < -0.3 is 14.4 Å². The number of nitrogens with zero attached hydrogens (tertiary/aromatic N) is 1. The largest absolute Gasteiger partial charge is 0.497 e. The molecule has 5 heteroatoms. The van der Waals surface area contributed by atoms with Crippen LogP contribution in [0, 0.1) is 0 Å². The summed E-state index contributed by atoms with van der Waals surface area (Å²) in [7, 11) is 3.75. The Kier molecular flexibility index (Phi) is 6.49. The lowest BCUT2D eigenvalue weighted by Gasteiger charge is -2.40. The van der Waals surface area contributed by atoms with Gasteiger partial charge in [0.1, 0.15) is 11.4 Å². The van der Waals surface area contributed by atoms with Crippen molar-refractivity contribution in [3.63, 3.8) is 0 Å². The van der Waals surface area contributed by atoms with E-state index in [1.807, 2.05) is 31.2 Å². The Morgan fingerprint density at radius 1 is 1.24 bits per heavy atom. The van der Waals surface area contributed by atoms with E-state index in [0.29, 0.717) is 6.42 Å². The lowest BCUT2D eigenvalue weighted by Crippen LogP contribution is -2.43. The summed E-state index contributed by atoms with van der Waals surface area (Å²) in [5.74, 6) is 0.684. The molecule has 0 unspecified atom stereocenters. The number of carbonyl (C=O) groups is 1. The molecule has 0 amide bonds. The van der Waals surface area contributed by atoms with Gasteiger partial charge in [-0.2, -0.15) is 0 Å². The van der Waals surface area contributed by atoms with Gasteiger partial charge >= 0.3 is 5.97 Å². The molecule has 0 radical (unpaired) electrons. The van der Waals surface area contributed by atoms with Crippen molar-refractivity contribution in [2.75, 3.05) is 27.2 Å². The number of hydrogen-bond acceptors (Lipinski definition) is 4. The van der Waals surface area contributed by atoms with Gasteiger partial charge in [0.15, 0.2) is 0 Å². The summed E-state index contributed by atoms with van der Waals surface area (Å²) in [6, 6.07) is 7.87. The minimum absolute atomic E-state index is 0. The highest BCUT2D eigenvalue weighted by Gasteiger charge is 2.38. The van der Waals surface area contributed by atoms with Gasteiger partial charge in [-0.15, -0.1) is 12.4 Å². The number of methoxy groups -OCH3 is 1. The zero-order valence-corrected chi connectivity index (χ0v) is 13.7. The number of benzene rings is 1. The topological polar surface area (TPSA) is 38.8 Å². The molecule has 1 saturated heterocycles. The van der Waals surface area contributed by atoms with Crippen LogP contribution in [0.1, 0.15) is 31.7 Å². The average Bonchev–Trinajstić information content (AvgIpc) is 2.50. The minimum Gasteiger partial charge on any atom is -0.497 e. The predicted molar refractivity (Wildman–Crippen MR) is 85.0 cm³/mol. The summed E-state index contributed by atoms with van der Waals surface area (Å²) in [5.41, 5.74) is 0.583. The van der Waals surface area contributed by atoms with E-state index in [1.54, 1.807) is 7.11 Å². The van der Waals surface area contributed by atoms with E-state index < -0.39 is 5.60 Å². The molecular weight excluding hydrogens is 290 g/mol. The van der Waals surface area contributed by atoms with Crippen LogP contribution in [0.4, 0.5) is 0 Å². The molecule has 118 valence electrons. The molecule has 0 N–H and O–H groups in total. The van der Waals surface area contributed by atoms with E-state index in [2.05, 4.69) is 11.9 Å². The highest BCUT2D eigenvalue weighted by molar-refractivity contribution is 5.85. The molecule has 0 atom stereocenters. The molecule has 0 saturated carbocycles. The normalized spacial score (nSPS) is 17.7. The maximum Gasteiger partial charge on any atom is 0.306 e. The van der Waals surface area contributed by atoms with Gasteiger partial charge in [-0.1, -0.05) is 19.1 Å². The summed E-state index contributed by atoms with van der Waals surface area (Å²) in [6.07, 6.45) is 2.08. The van der Waals surface area contributed by atoms with E-state index in [9.17, 15) is 4.79 Å². The molecule has 1 aliphatic heterocycles. The Hall–Kier alpha value is -1.26. The molecule has 1 aliphatic rings. The van der Waals surface area contributed by atoms with Crippen LogP contribution in [0.5, 0.6) is 5.75 Å². The highest BCUT2D eigenvalue weighted by atomic mass is 35.5. The summed E-state index contributed by atoms with van der Waals surface area (Å²) >= 11 is 0. The molecule has 1 fully saturated rings. The molecule has 0 aliphatic carbocycles. The first-order valence-corrected chi connectivity index (χ1v) is 7.14. The molecule has 2 rings (SSSR count). The van der Waals surface area contributed by atoms with Crippen molar-refractivity contribution in [2.45, 2.75) is 31.8 Å². The van der Waals surface area contributed by atoms with Gasteiger partial charge in [-0.25, -0.2) is 0 Å². The summed E-state index contributed by atoms with van der Waals surface area (Å²) < 4.78 is 11.0. The average molecular weight is 314 g/mol. The molecule has 1 heterocycles. The van der Waals surface area contributed by atoms with Gasteiger partial charge in [-0.05, 0) is 24.7 Å². The number of likely N-dealkylation sites (tertiary alicyclic amines) is 1. The molecular formula is C16H24ClNO3. The Morgan fingerprint density at radius 2 is 1.81 bits per heavy atom. The summed E-state index contributed by atoms with van der Waals surface area (Å²) in [6.45, 7) is 3.70. The lowest BCUT2D eigenvalue weighted by atomic mass is 9.84. The third-order valence-corrected chi connectivity index (χ3v) is 4.01. The molecule has 1 aromatic rings. The van der Waals surface area contributed by atoms with Crippen LogP contribution in [0.15, 0.2) is 24.3 Å². The molecule has 4 nitrogen and oxygen atoms in total. The second-order valence-corrected chi connectivity index (χ2v) is 5.35. The van der Waals surface area contributed by atoms with Crippen LogP contribution in [-0.2, 0) is 15.1 Å². The predicted octanol–water partition coefficient (Wildman–Crippen LogP) is 2.99. The van der Waals surface area contributed by atoms with Crippen molar-refractivity contribution < 1.29 is 14.3 Å². The molecule has 0 bridgehead atoms. The molecule has 21 heavy (non-hydrogen) atoms. The number of carbonyl (C=O) groups excluding carboxylic acids is 1. The Bertz CT molecular complexity index is 453. The maximum absolute atomic E-state index is 11.8. The van der Waals surface area contributed by atoms with Crippen molar-refractivity contribution in [2.24, 2.45) is 0 Å². The van der Waals surface area contributed by atoms with E-state index in [0.717, 1.165) is 37.2 Å². The number of hydrogen-bond donors (Lipinski definition) is 0. The van der Waals surface area contributed by atoms with Gasteiger partial charge in [0, 0.05) is 32.4 Å². The van der Waals surface area contributed by atoms with E-state index in [4.69, 9.17) is 9.47 Å². The number of piperidine rings is 1. The molecule has 1 aromatic carbocycles. The number of esters is 1. The lowest BCUT2D eigenvalue weighted by molar-refractivity contribution is -0.166. The van der Waals surface area contributed by atoms with Gasteiger partial charge in [-0.3, -0.25) is 4.79 Å². The van der Waals surface area contributed by atoms with E-state index in [-0.39, 0.29) is 18.4 Å². The second kappa shape index (κ2) is 7.66. The van der Waals surface area contributed by atoms with Crippen molar-refractivity contribution in [1.82, 2.24) is 4.90 Å². The van der Waals surface area contributed by atoms with Crippen molar-refractivity contribution >= 4 is 18.4 Å². The standard InChI is InChI=1S/C16H23NO3.ClH/c1-4-15(18)20-16(9-11-17(2)12-10-16)13-5-7-14(19-3)8-6-13;/h5-8H,4,9-12H2,1-3H3;1H. The monoisotopic (exact) mass is 313 g/mol. The van der Waals surface area contributed by atoms with Crippen LogP contribution < -0.4 is 4.74 Å². The number of halogens is 1. The SMILES string of the molecule is CCC(=O)OC1(c2ccc(OC)cc2)CCN(C)CC1.Cl. The summed E-state index contributed by atoms with van der Waals surface area (Å²) in [4.78, 5) is 14.1. The first-order valence-electron chi connectivity index (χ1n) is 7.14. The maximum atomic E-state index is 11.8. The second-order valence-electron chi connectivity index (χ2n) is 5.35. The Labute approximate surface area is 132 Å². The number of rotatable bonds is 4. The van der Waals surface area contributed by atoms with Crippen LogP contribution in [0.3, 0.4) is 0 Å². The van der Waals surface area contributed by atoms with Crippen LogP contribution in [-0.4, -0.2) is 38.1 Å². The fourth-order valence-corrected chi connectivity index (χ4v) is 2.61. The Morgan fingerprint density at radius 3 is 2.29 bits per heavy atom. The van der Waals surface area contributed by atoms with E-state index >= 15 is 0 Å².